The van der Waals surface area contributed by atoms with Crippen molar-refractivity contribution >= 4 is 52.8 Å². The second-order valence-corrected chi connectivity index (χ2v) is 9.32. The quantitative estimate of drug-likeness (QED) is 0.659. The highest BCUT2D eigenvalue weighted by Crippen LogP contribution is 2.45. The molecule has 11 heteroatoms. The van der Waals surface area contributed by atoms with E-state index in [2.05, 4.69) is 14.9 Å². The van der Waals surface area contributed by atoms with Gasteiger partial charge in [0.2, 0.25) is 5.91 Å². The third-order valence-corrected chi connectivity index (χ3v) is 7.51. The Morgan fingerprint density at radius 1 is 1.32 bits per heavy atom. The van der Waals surface area contributed by atoms with Crippen LogP contribution in [-0.2, 0) is 20.8 Å². The molecule has 0 radical (unpaired) electrons. The van der Waals surface area contributed by atoms with Crippen LogP contribution in [0.4, 0.5) is 0 Å². The predicted molar refractivity (Wildman–Crippen MR) is 106 cm³/mol. The summed E-state index contributed by atoms with van der Waals surface area (Å²) in [4.78, 5) is 38.6. The number of hydrogen-bond donors (Lipinski definition) is 2. The molecular weight excluding hydrogens is 420 g/mol. The van der Waals surface area contributed by atoms with Crippen LogP contribution >= 0.6 is 35.1 Å². The van der Waals surface area contributed by atoms with Crippen molar-refractivity contribution in [3.8, 4) is 0 Å². The van der Waals surface area contributed by atoms with Gasteiger partial charge in [0, 0.05) is 10.7 Å². The van der Waals surface area contributed by atoms with E-state index in [1.165, 1.54) is 40.0 Å². The molecule has 2 aliphatic rings. The Kier molecular flexibility index (Phi) is 5.38. The monoisotopic (exact) mass is 434 g/mol. The second kappa shape index (κ2) is 7.94. The normalized spacial score (nSPS) is 21.1. The van der Waals surface area contributed by atoms with Gasteiger partial charge in [0.25, 0.3) is 5.91 Å². The van der Waals surface area contributed by atoms with Gasteiger partial charge in [-0.05, 0) is 17.1 Å². The Labute approximate surface area is 172 Å². The highest BCUT2D eigenvalue weighted by molar-refractivity contribution is 8.07. The zero-order valence-corrected chi connectivity index (χ0v) is 16.7. The second-order valence-electron chi connectivity index (χ2n) is 6.03. The maximum Gasteiger partial charge on any atom is 0.353 e. The Morgan fingerprint density at radius 2 is 2.11 bits per heavy atom. The summed E-state index contributed by atoms with van der Waals surface area (Å²) < 4.78 is 4.52. The van der Waals surface area contributed by atoms with Crippen molar-refractivity contribution in [2.75, 3.05) is 5.75 Å². The molecule has 2 aromatic rings. The molecule has 1 fully saturated rings. The van der Waals surface area contributed by atoms with Crippen molar-refractivity contribution in [2.45, 2.75) is 22.0 Å². The maximum absolute atomic E-state index is 12.6. The van der Waals surface area contributed by atoms with Crippen molar-refractivity contribution in [2.24, 2.45) is 0 Å². The number of β-lactam (4-membered cyclic amide) rings is 1. The van der Waals surface area contributed by atoms with E-state index in [9.17, 15) is 19.5 Å². The topological polar surface area (TPSA) is 112 Å². The summed E-state index contributed by atoms with van der Waals surface area (Å²) in [6.45, 7) is 0. The van der Waals surface area contributed by atoms with Crippen LogP contribution in [0.2, 0.25) is 0 Å². The molecule has 28 heavy (non-hydrogen) atoms. The van der Waals surface area contributed by atoms with Crippen molar-refractivity contribution in [1.29, 1.82) is 0 Å². The molecule has 3 heterocycles. The van der Waals surface area contributed by atoms with Crippen LogP contribution in [0.3, 0.4) is 0 Å². The van der Waals surface area contributed by atoms with Crippen LogP contribution in [0.5, 0.6) is 0 Å². The van der Waals surface area contributed by atoms with Crippen LogP contribution in [0.25, 0.3) is 0 Å². The number of benzene rings is 1. The molecule has 1 aromatic carbocycles. The van der Waals surface area contributed by atoms with Crippen LogP contribution in [-0.4, -0.2) is 54.5 Å². The first-order chi connectivity index (χ1) is 13.5. The summed E-state index contributed by atoms with van der Waals surface area (Å²) in [5, 5.41) is 15.7. The van der Waals surface area contributed by atoms with Gasteiger partial charge >= 0.3 is 5.97 Å². The van der Waals surface area contributed by atoms with Gasteiger partial charge in [-0.25, -0.2) is 4.79 Å². The van der Waals surface area contributed by atoms with E-state index in [4.69, 9.17) is 0 Å². The summed E-state index contributed by atoms with van der Waals surface area (Å²) in [5.41, 5.74) is 0.823. The Morgan fingerprint density at radius 3 is 2.79 bits per heavy atom. The SMILES string of the molecule is O=C(Cc1ccccc1)N[C@@H]1C(=O)N2C(C(=O)O)=C(Sc3cnns3)CS[C@H]12. The lowest BCUT2D eigenvalue weighted by molar-refractivity contribution is -0.150. The van der Waals surface area contributed by atoms with Crippen LogP contribution < -0.4 is 5.32 Å². The molecule has 2 aliphatic heterocycles. The number of hydrogen-bond acceptors (Lipinski definition) is 8. The molecule has 2 atom stereocenters. The van der Waals surface area contributed by atoms with Crippen LogP contribution in [0.15, 0.2) is 51.3 Å². The van der Waals surface area contributed by atoms with Gasteiger partial charge in [0.15, 0.2) is 0 Å². The lowest BCUT2D eigenvalue weighted by Crippen LogP contribution is -2.70. The average molecular weight is 435 g/mol. The minimum Gasteiger partial charge on any atom is -0.477 e. The zero-order valence-electron chi connectivity index (χ0n) is 14.3. The summed E-state index contributed by atoms with van der Waals surface area (Å²) in [6, 6.07) is 8.52. The van der Waals surface area contributed by atoms with Crippen LogP contribution in [0.1, 0.15) is 5.56 Å². The molecular formula is C17H14N4O4S3. The van der Waals surface area contributed by atoms with Crippen molar-refractivity contribution < 1.29 is 19.5 Å². The summed E-state index contributed by atoms with van der Waals surface area (Å²) >= 11 is 3.86. The standard InChI is InChI=1S/C17H14N4O4S3/c22-11(6-9-4-2-1-3-5-9)19-13-15(23)21-14(17(24)25)10(8-26-16(13)21)27-12-7-18-20-28-12/h1-5,7,13,16H,6,8H2,(H,19,22)(H,24,25)/t13-,16-/m1/s1. The largest absolute Gasteiger partial charge is 0.477 e. The smallest absolute Gasteiger partial charge is 0.353 e. The molecule has 0 unspecified atom stereocenters. The van der Waals surface area contributed by atoms with E-state index in [-0.39, 0.29) is 18.0 Å². The first kappa shape index (κ1) is 19.0. The van der Waals surface area contributed by atoms with E-state index < -0.39 is 23.3 Å². The first-order valence-corrected chi connectivity index (χ1v) is 10.9. The number of nitrogens with zero attached hydrogens (tertiary/aromatic N) is 3. The van der Waals surface area contributed by atoms with Crippen LogP contribution in [0, 0.1) is 0 Å². The van der Waals surface area contributed by atoms with E-state index in [1.807, 2.05) is 30.3 Å². The molecule has 2 N–H and O–H groups in total. The molecule has 1 aromatic heterocycles. The number of fused-ring (bicyclic) bond motifs is 1. The number of aliphatic carboxylic acids is 1. The number of carboxylic acid groups (broad SMARTS) is 1. The van der Waals surface area contributed by atoms with Crippen molar-refractivity contribution in [3.05, 3.63) is 52.7 Å². The van der Waals surface area contributed by atoms with E-state index in [1.54, 1.807) is 6.20 Å². The number of nitrogens with one attached hydrogen (secondary N) is 1. The minimum atomic E-state index is -1.16. The zero-order chi connectivity index (χ0) is 19.7. The Balaban J connectivity index is 1.47. The van der Waals surface area contributed by atoms with Crippen molar-refractivity contribution in [3.63, 3.8) is 0 Å². The van der Waals surface area contributed by atoms with Crippen molar-refractivity contribution in [1.82, 2.24) is 19.8 Å². The lowest BCUT2D eigenvalue weighted by Gasteiger charge is -2.49. The van der Waals surface area contributed by atoms with Gasteiger partial charge in [-0.2, -0.15) is 0 Å². The van der Waals surface area contributed by atoms with E-state index in [0.29, 0.717) is 10.7 Å². The van der Waals surface area contributed by atoms with Gasteiger partial charge in [0.05, 0.1) is 12.6 Å². The highest BCUT2D eigenvalue weighted by Gasteiger charge is 2.54. The van der Waals surface area contributed by atoms with E-state index in [0.717, 1.165) is 9.77 Å². The molecule has 8 nitrogen and oxygen atoms in total. The third kappa shape index (κ3) is 3.64. The minimum absolute atomic E-state index is 0.0271. The molecule has 1 saturated heterocycles. The number of amides is 2. The lowest BCUT2D eigenvalue weighted by atomic mass is 10.0. The van der Waals surface area contributed by atoms with Gasteiger partial charge < -0.3 is 10.4 Å². The molecule has 4 rings (SSSR count). The number of rotatable bonds is 6. The molecule has 0 saturated carbocycles. The number of carboxylic acids is 1. The van der Waals surface area contributed by atoms with E-state index >= 15 is 0 Å². The Hall–Kier alpha value is -2.37. The summed E-state index contributed by atoms with van der Waals surface area (Å²) in [7, 11) is 0. The fraction of sp³-hybridized carbons (Fsp3) is 0.235. The summed E-state index contributed by atoms with van der Waals surface area (Å²) in [6.07, 6.45) is 1.73. The third-order valence-electron chi connectivity index (χ3n) is 4.22. The average Bonchev–Trinajstić information content (AvgIpc) is 3.19. The highest BCUT2D eigenvalue weighted by atomic mass is 32.2. The van der Waals surface area contributed by atoms with Gasteiger partial charge in [-0.3, -0.25) is 14.5 Å². The molecule has 0 bridgehead atoms. The van der Waals surface area contributed by atoms with Gasteiger partial charge in [-0.1, -0.05) is 46.6 Å². The van der Waals surface area contributed by atoms with Gasteiger partial charge in [-0.15, -0.1) is 16.9 Å². The molecule has 2 amide bonds. The first-order valence-electron chi connectivity index (χ1n) is 8.24. The summed E-state index contributed by atoms with van der Waals surface area (Å²) in [5.74, 6) is -1.39. The number of carbonyl (C=O) groups excluding carboxylic acids is 2. The maximum atomic E-state index is 12.6. The van der Waals surface area contributed by atoms with Gasteiger partial charge in [0.1, 0.15) is 21.3 Å². The number of aromatic nitrogens is 2. The Bertz CT molecular complexity index is 949. The molecule has 0 aliphatic carbocycles. The number of thioether (sulfide) groups is 2. The molecule has 0 spiro atoms. The number of carbonyl (C=O) groups is 3. The molecule has 144 valence electrons. The fourth-order valence-electron chi connectivity index (χ4n) is 3.00. The predicted octanol–water partition coefficient (Wildman–Crippen LogP) is 1.57. The fourth-order valence-corrected chi connectivity index (χ4v) is 6.08.